The van der Waals surface area contributed by atoms with Crippen LogP contribution in [0, 0.1) is 0 Å². The second kappa shape index (κ2) is 4.80. The topological polar surface area (TPSA) is 93.0 Å². The lowest BCUT2D eigenvalue weighted by molar-refractivity contribution is -0.126. The van der Waals surface area contributed by atoms with E-state index in [0.29, 0.717) is 24.3 Å². The zero-order valence-corrected chi connectivity index (χ0v) is 11.3. The maximum Gasteiger partial charge on any atom is 0.324 e. The highest BCUT2D eigenvalue weighted by atomic mass is 32.2. The van der Waals surface area contributed by atoms with Crippen LogP contribution in [0.3, 0.4) is 0 Å². The summed E-state index contributed by atoms with van der Waals surface area (Å²) in [6.45, 7) is 2.71. The van der Waals surface area contributed by atoms with Crippen molar-refractivity contribution in [2.24, 2.45) is 0 Å². The Morgan fingerprint density at radius 1 is 1.53 bits per heavy atom. The van der Waals surface area contributed by atoms with Crippen LogP contribution in [-0.4, -0.2) is 55.4 Å². The van der Waals surface area contributed by atoms with Crippen LogP contribution in [0.2, 0.25) is 0 Å². The maximum absolute atomic E-state index is 12.1. The molecule has 1 aliphatic heterocycles. The van der Waals surface area contributed by atoms with Gasteiger partial charge in [0.15, 0.2) is 0 Å². The number of tetrazole rings is 1. The zero-order chi connectivity index (χ0) is 13.4. The maximum atomic E-state index is 12.1. The highest BCUT2D eigenvalue weighted by molar-refractivity contribution is 8.00. The number of thioether (sulfide) groups is 1. The standard InChI is InChI=1S/C10H14N6O2S/c1-6(8(17)15-5-4-11-9(15)18)19-10-12-13-14-16(10)7-2-3-7/h6-7H,2-5H2,1H3,(H,11,18). The lowest BCUT2D eigenvalue weighted by atomic mass is 10.4. The molecule has 1 aliphatic carbocycles. The van der Waals surface area contributed by atoms with Crippen molar-refractivity contribution < 1.29 is 9.59 Å². The first-order valence-electron chi connectivity index (χ1n) is 6.20. The van der Waals surface area contributed by atoms with Crippen molar-refractivity contribution >= 4 is 23.7 Å². The number of rotatable bonds is 4. The van der Waals surface area contributed by atoms with Gasteiger partial charge in [0.05, 0.1) is 11.3 Å². The predicted octanol–water partition coefficient (Wildman–Crippen LogP) is 0.0404. The summed E-state index contributed by atoms with van der Waals surface area (Å²) in [5, 5.41) is 14.4. The molecule has 2 aliphatic rings. The van der Waals surface area contributed by atoms with Gasteiger partial charge in [-0.25, -0.2) is 9.48 Å². The molecule has 1 aromatic heterocycles. The number of nitrogens with one attached hydrogen (secondary N) is 1. The monoisotopic (exact) mass is 282 g/mol. The smallest absolute Gasteiger partial charge is 0.324 e. The highest BCUT2D eigenvalue weighted by Gasteiger charge is 2.33. The van der Waals surface area contributed by atoms with Crippen LogP contribution in [0.15, 0.2) is 5.16 Å². The van der Waals surface area contributed by atoms with E-state index < -0.39 is 0 Å². The number of imide groups is 1. The second-order valence-corrected chi connectivity index (χ2v) is 5.93. The summed E-state index contributed by atoms with van der Waals surface area (Å²) in [6.07, 6.45) is 2.16. The molecule has 2 fully saturated rings. The third-order valence-corrected chi connectivity index (χ3v) is 4.14. The van der Waals surface area contributed by atoms with E-state index in [4.69, 9.17) is 0 Å². The number of hydrogen-bond donors (Lipinski definition) is 1. The molecule has 0 radical (unpaired) electrons. The number of hydrogen-bond acceptors (Lipinski definition) is 6. The van der Waals surface area contributed by atoms with E-state index >= 15 is 0 Å². The number of nitrogens with zero attached hydrogens (tertiary/aromatic N) is 5. The van der Waals surface area contributed by atoms with Crippen molar-refractivity contribution in [1.29, 1.82) is 0 Å². The van der Waals surface area contributed by atoms with Gasteiger partial charge in [-0.1, -0.05) is 11.8 Å². The average molecular weight is 282 g/mol. The molecule has 0 aromatic carbocycles. The number of carbonyl (C=O) groups excluding carboxylic acids is 2. The van der Waals surface area contributed by atoms with Crippen LogP contribution < -0.4 is 5.32 Å². The Bertz CT molecular complexity index is 514. The lowest BCUT2D eigenvalue weighted by Gasteiger charge is -2.16. The zero-order valence-electron chi connectivity index (χ0n) is 10.4. The number of urea groups is 1. The normalized spacial score (nSPS) is 20.5. The molecule has 1 unspecified atom stereocenters. The molecule has 3 rings (SSSR count). The molecular weight excluding hydrogens is 268 g/mol. The van der Waals surface area contributed by atoms with Crippen molar-refractivity contribution in [3.8, 4) is 0 Å². The molecule has 1 atom stereocenters. The van der Waals surface area contributed by atoms with Crippen LogP contribution in [0.1, 0.15) is 25.8 Å². The molecule has 8 nitrogen and oxygen atoms in total. The predicted molar refractivity (Wildman–Crippen MR) is 66.5 cm³/mol. The van der Waals surface area contributed by atoms with E-state index in [-0.39, 0.29) is 17.2 Å². The Morgan fingerprint density at radius 3 is 2.95 bits per heavy atom. The second-order valence-electron chi connectivity index (χ2n) is 4.62. The van der Waals surface area contributed by atoms with Gasteiger partial charge in [-0.15, -0.1) is 5.10 Å². The fraction of sp³-hybridized carbons (Fsp3) is 0.700. The summed E-state index contributed by atoms with van der Waals surface area (Å²) < 4.78 is 1.76. The minimum Gasteiger partial charge on any atom is -0.336 e. The van der Waals surface area contributed by atoms with Crippen molar-refractivity contribution in [1.82, 2.24) is 30.4 Å². The Morgan fingerprint density at radius 2 is 2.32 bits per heavy atom. The Labute approximate surface area is 113 Å². The van der Waals surface area contributed by atoms with Gasteiger partial charge >= 0.3 is 6.03 Å². The Kier molecular flexibility index (Phi) is 3.13. The summed E-state index contributed by atoms with van der Waals surface area (Å²) >= 11 is 1.30. The van der Waals surface area contributed by atoms with E-state index in [1.165, 1.54) is 16.7 Å². The summed E-state index contributed by atoms with van der Waals surface area (Å²) in [7, 11) is 0. The molecule has 19 heavy (non-hydrogen) atoms. The van der Waals surface area contributed by atoms with E-state index in [1.807, 2.05) is 0 Å². The minimum absolute atomic E-state index is 0.203. The number of aromatic nitrogens is 4. The van der Waals surface area contributed by atoms with Crippen LogP contribution in [0.5, 0.6) is 0 Å². The van der Waals surface area contributed by atoms with Gasteiger partial charge in [0.2, 0.25) is 11.1 Å². The third-order valence-electron chi connectivity index (χ3n) is 3.11. The van der Waals surface area contributed by atoms with Gasteiger partial charge in [0.1, 0.15) is 0 Å². The first-order valence-corrected chi connectivity index (χ1v) is 7.08. The molecule has 1 N–H and O–H groups in total. The molecular formula is C10H14N6O2S. The van der Waals surface area contributed by atoms with E-state index in [9.17, 15) is 9.59 Å². The van der Waals surface area contributed by atoms with Crippen molar-refractivity contribution in [3.63, 3.8) is 0 Å². The van der Waals surface area contributed by atoms with Crippen LogP contribution in [0.4, 0.5) is 4.79 Å². The van der Waals surface area contributed by atoms with Crippen LogP contribution in [0.25, 0.3) is 0 Å². The minimum atomic E-state index is -0.382. The van der Waals surface area contributed by atoms with Crippen LogP contribution >= 0.6 is 11.8 Å². The SMILES string of the molecule is CC(Sc1nnnn1C1CC1)C(=O)N1CCNC1=O. The molecule has 3 amide bonds. The van der Waals surface area contributed by atoms with Crippen molar-refractivity contribution in [2.45, 2.75) is 36.2 Å². The lowest BCUT2D eigenvalue weighted by Crippen LogP contribution is -2.39. The number of carbonyl (C=O) groups is 2. The van der Waals surface area contributed by atoms with Crippen molar-refractivity contribution in [2.75, 3.05) is 13.1 Å². The first-order chi connectivity index (χ1) is 9.16. The van der Waals surface area contributed by atoms with Gasteiger partial charge in [-0.2, -0.15) is 0 Å². The van der Waals surface area contributed by atoms with Crippen molar-refractivity contribution in [3.05, 3.63) is 0 Å². The molecule has 0 bridgehead atoms. The Balaban J connectivity index is 1.67. The van der Waals surface area contributed by atoms with Crippen LogP contribution in [-0.2, 0) is 4.79 Å². The quantitative estimate of drug-likeness (QED) is 0.784. The third kappa shape index (κ3) is 2.42. The van der Waals surface area contributed by atoms with Gasteiger partial charge in [-0.3, -0.25) is 9.69 Å². The van der Waals surface area contributed by atoms with Gasteiger partial charge in [0.25, 0.3) is 0 Å². The molecule has 1 saturated carbocycles. The molecule has 9 heteroatoms. The largest absolute Gasteiger partial charge is 0.336 e. The van der Waals surface area contributed by atoms with Gasteiger partial charge in [-0.05, 0) is 30.2 Å². The molecule has 1 saturated heterocycles. The number of amides is 3. The molecule has 102 valence electrons. The fourth-order valence-electron chi connectivity index (χ4n) is 1.92. The Hall–Kier alpha value is -1.64. The average Bonchev–Trinajstić information content (AvgIpc) is 2.99. The molecule has 2 heterocycles. The van der Waals surface area contributed by atoms with Gasteiger partial charge in [0, 0.05) is 13.1 Å². The highest BCUT2D eigenvalue weighted by Crippen LogP contribution is 2.37. The summed E-state index contributed by atoms with van der Waals surface area (Å²) in [5.74, 6) is -0.203. The molecule has 0 spiro atoms. The van der Waals surface area contributed by atoms with E-state index in [0.717, 1.165) is 12.8 Å². The van der Waals surface area contributed by atoms with Gasteiger partial charge < -0.3 is 5.32 Å². The van der Waals surface area contributed by atoms with E-state index in [1.54, 1.807) is 11.6 Å². The summed E-state index contributed by atoms with van der Waals surface area (Å²) in [5.41, 5.74) is 0. The summed E-state index contributed by atoms with van der Waals surface area (Å²) in [4.78, 5) is 24.8. The van der Waals surface area contributed by atoms with E-state index in [2.05, 4.69) is 20.8 Å². The first kappa shape index (κ1) is 12.4. The molecule has 1 aromatic rings. The fourth-order valence-corrected chi connectivity index (χ4v) is 2.84. The summed E-state index contributed by atoms with van der Waals surface area (Å²) in [6, 6.07) is 0.0501.